The summed E-state index contributed by atoms with van der Waals surface area (Å²) in [7, 11) is 0. The van der Waals surface area contributed by atoms with E-state index in [4.69, 9.17) is 9.47 Å². The first-order valence-electron chi connectivity index (χ1n) is 5.34. The van der Waals surface area contributed by atoms with Crippen LogP contribution in [-0.2, 0) is 14.3 Å². The van der Waals surface area contributed by atoms with Crippen LogP contribution >= 0.6 is 0 Å². The lowest BCUT2D eigenvalue weighted by Gasteiger charge is -2.34. The number of ether oxygens (including phenoxy) is 2. The molecule has 3 fully saturated rings. The number of carbonyl (C=O) groups excluding carboxylic acids is 1. The van der Waals surface area contributed by atoms with Crippen molar-refractivity contribution in [3.8, 4) is 0 Å². The molecule has 3 nitrogen and oxygen atoms in total. The number of carbonyl (C=O) groups is 1. The van der Waals surface area contributed by atoms with E-state index < -0.39 is 6.29 Å². The van der Waals surface area contributed by atoms with Crippen LogP contribution in [0.1, 0.15) is 6.42 Å². The highest BCUT2D eigenvalue weighted by Gasteiger charge is 2.59. The van der Waals surface area contributed by atoms with Gasteiger partial charge in [-0.25, -0.2) is 0 Å². The molecule has 0 unspecified atom stereocenters. The van der Waals surface area contributed by atoms with Gasteiger partial charge in [-0.15, -0.1) is 0 Å². The number of allylic oxidation sites excluding steroid dienone is 2. The van der Waals surface area contributed by atoms with Gasteiger partial charge in [0.25, 0.3) is 0 Å². The molecule has 0 aromatic carbocycles. The minimum Gasteiger partial charge on any atom is -0.343 e. The molecule has 0 spiro atoms. The van der Waals surface area contributed by atoms with Crippen LogP contribution in [0.5, 0.6) is 0 Å². The normalized spacial score (nSPS) is 58.1. The highest BCUT2D eigenvalue weighted by molar-refractivity contribution is 5.87. The number of hydrogen-bond donors (Lipinski definition) is 0. The van der Waals surface area contributed by atoms with Gasteiger partial charge < -0.3 is 9.47 Å². The van der Waals surface area contributed by atoms with E-state index in [0.717, 1.165) is 6.42 Å². The van der Waals surface area contributed by atoms with Gasteiger partial charge >= 0.3 is 0 Å². The Morgan fingerprint density at radius 1 is 1.29 bits per heavy atom. The summed E-state index contributed by atoms with van der Waals surface area (Å²) < 4.78 is 10.9. The fourth-order valence-electron chi connectivity index (χ4n) is 3.70. The highest BCUT2D eigenvalue weighted by Crippen LogP contribution is 2.54. The summed E-state index contributed by atoms with van der Waals surface area (Å²) in [4.78, 5) is 12.0. The third-order valence-electron chi connectivity index (χ3n) is 4.22. The first kappa shape index (κ1) is 7.60. The van der Waals surface area contributed by atoms with E-state index in [1.165, 1.54) is 0 Å². The molecule has 6 atom stereocenters. The summed E-state index contributed by atoms with van der Waals surface area (Å²) in [5, 5.41) is 0. The van der Waals surface area contributed by atoms with Crippen LogP contribution in [0.4, 0.5) is 0 Å². The van der Waals surface area contributed by atoms with E-state index in [0.29, 0.717) is 24.4 Å². The average molecular weight is 192 g/mol. The van der Waals surface area contributed by atoms with Crippen molar-refractivity contribution >= 4 is 5.78 Å². The Kier molecular flexibility index (Phi) is 1.24. The molecule has 0 radical (unpaired) electrons. The van der Waals surface area contributed by atoms with Crippen molar-refractivity contribution in [2.45, 2.75) is 18.8 Å². The molecule has 4 aliphatic rings. The summed E-state index contributed by atoms with van der Waals surface area (Å²) in [6.07, 6.45) is 5.29. The van der Waals surface area contributed by atoms with Gasteiger partial charge in [-0.3, -0.25) is 4.79 Å². The minimum absolute atomic E-state index is 0.183. The highest BCUT2D eigenvalue weighted by atomic mass is 16.7. The van der Waals surface area contributed by atoms with Crippen molar-refractivity contribution in [3.05, 3.63) is 12.2 Å². The van der Waals surface area contributed by atoms with Crippen molar-refractivity contribution in [1.82, 2.24) is 0 Å². The molecule has 2 aliphatic heterocycles. The second-order valence-electron chi connectivity index (χ2n) is 4.79. The Labute approximate surface area is 82.1 Å². The maximum Gasteiger partial charge on any atom is 0.218 e. The first-order valence-corrected chi connectivity index (χ1v) is 5.34. The molecule has 2 heterocycles. The largest absolute Gasteiger partial charge is 0.343 e. The summed E-state index contributed by atoms with van der Waals surface area (Å²) in [5.41, 5.74) is 0. The lowest BCUT2D eigenvalue weighted by atomic mass is 9.76. The summed E-state index contributed by atoms with van der Waals surface area (Å²) in [6.45, 7) is 0.620. The molecule has 0 aromatic heterocycles. The van der Waals surface area contributed by atoms with Crippen LogP contribution in [0.2, 0.25) is 0 Å². The summed E-state index contributed by atoms with van der Waals surface area (Å²) in [5.74, 6) is 1.86. The van der Waals surface area contributed by atoms with E-state index >= 15 is 0 Å². The van der Waals surface area contributed by atoms with E-state index in [9.17, 15) is 4.79 Å². The second-order valence-corrected chi connectivity index (χ2v) is 4.79. The molecule has 0 aromatic rings. The van der Waals surface area contributed by atoms with Crippen LogP contribution in [0.15, 0.2) is 12.2 Å². The average Bonchev–Trinajstić information content (AvgIpc) is 2.89. The van der Waals surface area contributed by atoms with Crippen molar-refractivity contribution in [2.75, 3.05) is 6.61 Å². The van der Waals surface area contributed by atoms with Gasteiger partial charge in [-0.1, -0.05) is 12.2 Å². The maximum atomic E-state index is 12.0. The standard InChI is InChI=1S/C11H12O3/c12-10-9-6-2-1-5(3-6)8(9)7-4-13-11(10)14-7/h1-2,5-9,11H,3-4H2/t5-,6-,7+,8-,9-,11+/m0/s1. The van der Waals surface area contributed by atoms with Crippen molar-refractivity contribution in [2.24, 2.45) is 23.7 Å². The molecule has 0 amide bonds. The van der Waals surface area contributed by atoms with Gasteiger partial charge in [0, 0.05) is 11.8 Å². The lowest BCUT2D eigenvalue weighted by Crippen LogP contribution is -2.45. The van der Waals surface area contributed by atoms with E-state index in [1.807, 2.05) is 0 Å². The lowest BCUT2D eigenvalue weighted by molar-refractivity contribution is -0.166. The molecule has 4 rings (SSSR count). The molecular weight excluding hydrogens is 180 g/mol. The topological polar surface area (TPSA) is 35.5 Å². The van der Waals surface area contributed by atoms with Gasteiger partial charge in [-0.05, 0) is 18.3 Å². The minimum atomic E-state index is -0.533. The van der Waals surface area contributed by atoms with Crippen molar-refractivity contribution < 1.29 is 14.3 Å². The van der Waals surface area contributed by atoms with Crippen LogP contribution in [0.25, 0.3) is 0 Å². The Morgan fingerprint density at radius 3 is 3.07 bits per heavy atom. The van der Waals surface area contributed by atoms with Crippen molar-refractivity contribution in [1.29, 1.82) is 0 Å². The molecular formula is C11H12O3. The Balaban J connectivity index is 1.81. The predicted octanol–water partition coefficient (Wildman–Crippen LogP) is 0.749. The monoisotopic (exact) mass is 192 g/mol. The Bertz CT molecular complexity index is 335. The summed E-state index contributed by atoms with van der Waals surface area (Å²) in [6, 6.07) is 0. The number of Topliss-reactive ketones (excluding diaryl/α,β-unsaturated/α-hetero) is 1. The molecule has 2 aliphatic carbocycles. The van der Waals surface area contributed by atoms with Crippen molar-refractivity contribution in [3.63, 3.8) is 0 Å². The number of fused-ring (bicyclic) bond motifs is 8. The Morgan fingerprint density at radius 2 is 2.14 bits per heavy atom. The van der Waals surface area contributed by atoms with Gasteiger partial charge in [0.05, 0.1) is 12.7 Å². The molecule has 1 saturated carbocycles. The number of hydrogen-bond acceptors (Lipinski definition) is 3. The molecule has 4 bridgehead atoms. The number of ketones is 1. The fourth-order valence-corrected chi connectivity index (χ4v) is 3.70. The smallest absolute Gasteiger partial charge is 0.218 e. The fraction of sp³-hybridized carbons (Fsp3) is 0.727. The zero-order valence-corrected chi connectivity index (χ0v) is 7.76. The van der Waals surface area contributed by atoms with Gasteiger partial charge in [0.2, 0.25) is 6.29 Å². The number of rotatable bonds is 0. The van der Waals surface area contributed by atoms with E-state index in [2.05, 4.69) is 12.2 Å². The SMILES string of the molecule is O=C1[C@@H]2OC[C@@H](O2)[C@H]2[C@@H]1[C@H]1C=C[C@H]2C1. The molecule has 74 valence electrons. The second kappa shape index (κ2) is 2.28. The first-order chi connectivity index (χ1) is 6.84. The zero-order valence-electron chi connectivity index (χ0n) is 7.76. The van der Waals surface area contributed by atoms with Crippen LogP contribution in [0, 0.1) is 23.7 Å². The van der Waals surface area contributed by atoms with Gasteiger partial charge in [0.15, 0.2) is 5.78 Å². The Hall–Kier alpha value is -0.670. The van der Waals surface area contributed by atoms with Gasteiger partial charge in [-0.2, -0.15) is 0 Å². The molecule has 14 heavy (non-hydrogen) atoms. The molecule has 2 saturated heterocycles. The van der Waals surface area contributed by atoms with Crippen LogP contribution in [0.3, 0.4) is 0 Å². The van der Waals surface area contributed by atoms with E-state index in [-0.39, 0.29) is 17.8 Å². The quantitative estimate of drug-likeness (QED) is 0.531. The maximum absolute atomic E-state index is 12.0. The third kappa shape index (κ3) is 0.708. The summed E-state index contributed by atoms with van der Waals surface area (Å²) >= 11 is 0. The zero-order chi connectivity index (χ0) is 9.28. The molecule has 0 N–H and O–H groups in total. The van der Waals surface area contributed by atoms with Crippen LogP contribution in [-0.4, -0.2) is 24.8 Å². The van der Waals surface area contributed by atoms with E-state index in [1.54, 1.807) is 0 Å². The predicted molar refractivity (Wildman–Crippen MR) is 47.3 cm³/mol. The van der Waals surface area contributed by atoms with Gasteiger partial charge in [0.1, 0.15) is 0 Å². The van der Waals surface area contributed by atoms with Crippen LogP contribution < -0.4 is 0 Å². The third-order valence-corrected chi connectivity index (χ3v) is 4.22. The molecule has 3 heteroatoms.